The molecule has 0 radical (unpaired) electrons. The van der Waals surface area contributed by atoms with Crippen LogP contribution in [0.4, 0.5) is 13.2 Å². The Balaban J connectivity index is 1.94. The Morgan fingerprint density at radius 2 is 1.82 bits per heavy atom. The van der Waals surface area contributed by atoms with Crippen LogP contribution in [0, 0.1) is 0 Å². The van der Waals surface area contributed by atoms with Crippen molar-refractivity contribution in [3.8, 4) is 0 Å². The molecule has 2 aromatic rings. The molecule has 2 N–H and O–H groups in total. The maximum absolute atomic E-state index is 13.0. The van der Waals surface area contributed by atoms with Gasteiger partial charge in [-0.05, 0) is 41.0 Å². The molecule has 10 heteroatoms. The standard InChI is InChI=1S/C18H17F3N2O4S/c1-27-10-12-3-5-15(28(22,25)26)7-16(12)17(24)23-8-11-2-4-14(18(19,20)21)6-13(11)9-23/h2-7H,8-10H2,1H3,(H2,22,25,26). The number of sulfonamides is 1. The molecule has 0 saturated carbocycles. The van der Waals surface area contributed by atoms with Gasteiger partial charge in [0.15, 0.2) is 0 Å². The van der Waals surface area contributed by atoms with E-state index >= 15 is 0 Å². The second-order valence-corrected chi connectivity index (χ2v) is 8.00. The lowest BCUT2D eigenvalue weighted by Crippen LogP contribution is -2.27. The van der Waals surface area contributed by atoms with E-state index in [2.05, 4.69) is 0 Å². The van der Waals surface area contributed by atoms with Crippen LogP contribution in [0.1, 0.15) is 32.6 Å². The van der Waals surface area contributed by atoms with E-state index in [1.165, 1.54) is 30.2 Å². The number of ether oxygens (including phenoxy) is 1. The first-order valence-electron chi connectivity index (χ1n) is 8.13. The first-order chi connectivity index (χ1) is 13.0. The number of fused-ring (bicyclic) bond motifs is 1. The van der Waals surface area contributed by atoms with Crippen LogP contribution in [0.3, 0.4) is 0 Å². The zero-order valence-corrected chi connectivity index (χ0v) is 15.6. The van der Waals surface area contributed by atoms with Gasteiger partial charge in [-0.15, -0.1) is 0 Å². The Bertz CT molecular complexity index is 1040. The molecule has 3 rings (SSSR count). The average molecular weight is 414 g/mol. The summed E-state index contributed by atoms with van der Waals surface area (Å²) in [6, 6.07) is 7.22. The summed E-state index contributed by atoms with van der Waals surface area (Å²) in [5.41, 5.74) is 0.761. The van der Waals surface area contributed by atoms with Crippen molar-refractivity contribution in [2.45, 2.75) is 30.8 Å². The SMILES string of the molecule is COCc1ccc(S(N)(=O)=O)cc1C(=O)N1Cc2ccc(C(F)(F)F)cc2C1. The number of carbonyl (C=O) groups excluding carboxylic acids is 1. The minimum atomic E-state index is -4.47. The fourth-order valence-corrected chi connectivity index (χ4v) is 3.64. The van der Waals surface area contributed by atoms with Gasteiger partial charge in [0.1, 0.15) is 0 Å². The number of carbonyl (C=O) groups is 1. The lowest BCUT2D eigenvalue weighted by molar-refractivity contribution is -0.137. The molecule has 150 valence electrons. The van der Waals surface area contributed by atoms with Gasteiger partial charge in [0, 0.05) is 25.8 Å². The maximum Gasteiger partial charge on any atom is 0.416 e. The van der Waals surface area contributed by atoms with E-state index in [0.717, 1.165) is 18.2 Å². The number of nitrogens with two attached hydrogens (primary N) is 1. The third-order valence-corrected chi connectivity index (χ3v) is 5.39. The van der Waals surface area contributed by atoms with Crippen molar-refractivity contribution in [3.63, 3.8) is 0 Å². The quantitative estimate of drug-likeness (QED) is 0.833. The molecule has 0 atom stereocenters. The number of hydrogen-bond donors (Lipinski definition) is 1. The van der Waals surface area contributed by atoms with Crippen molar-refractivity contribution in [2.75, 3.05) is 7.11 Å². The van der Waals surface area contributed by atoms with Crippen LogP contribution in [0.25, 0.3) is 0 Å². The van der Waals surface area contributed by atoms with Gasteiger partial charge in [-0.1, -0.05) is 12.1 Å². The third-order valence-electron chi connectivity index (χ3n) is 4.48. The average Bonchev–Trinajstić information content (AvgIpc) is 3.03. The Hall–Kier alpha value is -2.43. The van der Waals surface area contributed by atoms with Crippen molar-refractivity contribution < 1.29 is 31.1 Å². The van der Waals surface area contributed by atoms with Gasteiger partial charge in [0.25, 0.3) is 5.91 Å². The number of methoxy groups -OCH3 is 1. The van der Waals surface area contributed by atoms with Crippen LogP contribution in [-0.4, -0.2) is 26.3 Å². The molecule has 0 aromatic heterocycles. The number of amides is 1. The Kier molecular flexibility index (Phi) is 5.22. The van der Waals surface area contributed by atoms with Crippen LogP contribution < -0.4 is 5.14 Å². The first-order valence-corrected chi connectivity index (χ1v) is 9.68. The topological polar surface area (TPSA) is 89.7 Å². The highest BCUT2D eigenvalue weighted by Crippen LogP contribution is 2.34. The van der Waals surface area contributed by atoms with E-state index in [-0.39, 0.29) is 30.2 Å². The monoisotopic (exact) mass is 414 g/mol. The zero-order valence-electron chi connectivity index (χ0n) is 14.8. The molecule has 1 amide bonds. The van der Waals surface area contributed by atoms with Crippen molar-refractivity contribution in [3.05, 3.63) is 64.2 Å². The molecule has 0 unspecified atom stereocenters. The number of hydrogen-bond acceptors (Lipinski definition) is 4. The molecule has 0 fully saturated rings. The van der Waals surface area contributed by atoms with E-state index in [9.17, 15) is 26.4 Å². The fraction of sp³-hybridized carbons (Fsp3) is 0.278. The summed E-state index contributed by atoms with van der Waals surface area (Å²) in [7, 11) is -2.60. The molecule has 0 spiro atoms. The number of halogens is 3. The highest BCUT2D eigenvalue weighted by molar-refractivity contribution is 7.89. The van der Waals surface area contributed by atoms with Crippen molar-refractivity contribution >= 4 is 15.9 Å². The van der Waals surface area contributed by atoms with Crippen molar-refractivity contribution in [1.29, 1.82) is 0 Å². The summed E-state index contributed by atoms with van der Waals surface area (Å²) < 4.78 is 67.0. The maximum atomic E-state index is 13.0. The Morgan fingerprint density at radius 1 is 1.14 bits per heavy atom. The summed E-state index contributed by atoms with van der Waals surface area (Å²) in [4.78, 5) is 14.1. The van der Waals surface area contributed by atoms with Crippen LogP contribution >= 0.6 is 0 Å². The van der Waals surface area contributed by atoms with Gasteiger partial charge in [-0.25, -0.2) is 13.6 Å². The Morgan fingerprint density at radius 3 is 2.43 bits per heavy atom. The van der Waals surface area contributed by atoms with E-state index in [1.807, 2.05) is 0 Å². The van der Waals surface area contributed by atoms with E-state index in [1.54, 1.807) is 0 Å². The van der Waals surface area contributed by atoms with Crippen molar-refractivity contribution in [2.24, 2.45) is 5.14 Å². The van der Waals surface area contributed by atoms with Gasteiger partial charge in [0.2, 0.25) is 10.0 Å². The molecule has 1 heterocycles. The van der Waals surface area contributed by atoms with Gasteiger partial charge in [-0.3, -0.25) is 4.79 Å². The number of nitrogens with zero attached hydrogens (tertiary/aromatic N) is 1. The number of rotatable bonds is 4. The molecule has 1 aliphatic heterocycles. The molecule has 0 bridgehead atoms. The first kappa shape index (κ1) is 20.3. The second-order valence-electron chi connectivity index (χ2n) is 6.44. The predicted octanol–water partition coefficient (Wildman–Crippen LogP) is 2.66. The fourth-order valence-electron chi connectivity index (χ4n) is 3.10. The zero-order chi connectivity index (χ0) is 20.7. The van der Waals surface area contributed by atoms with Crippen LogP contribution in [-0.2, 0) is 40.6 Å². The smallest absolute Gasteiger partial charge is 0.380 e. The molecule has 0 saturated heterocycles. The summed E-state index contributed by atoms with van der Waals surface area (Å²) in [6.07, 6.45) is -4.47. The van der Waals surface area contributed by atoms with E-state index in [0.29, 0.717) is 16.7 Å². The molecule has 28 heavy (non-hydrogen) atoms. The molecule has 6 nitrogen and oxygen atoms in total. The second kappa shape index (κ2) is 7.19. The third kappa shape index (κ3) is 4.03. The summed E-state index contributed by atoms with van der Waals surface area (Å²) in [5.74, 6) is -0.512. The number of alkyl halides is 3. The Labute approximate surface area is 159 Å². The molecule has 2 aromatic carbocycles. The number of benzene rings is 2. The van der Waals surface area contributed by atoms with Gasteiger partial charge >= 0.3 is 6.18 Å². The van der Waals surface area contributed by atoms with Crippen LogP contribution in [0.2, 0.25) is 0 Å². The molecule has 1 aliphatic rings. The largest absolute Gasteiger partial charge is 0.416 e. The summed E-state index contributed by atoms with van der Waals surface area (Å²) >= 11 is 0. The highest BCUT2D eigenvalue weighted by atomic mass is 32.2. The number of primary sulfonamides is 1. The minimum Gasteiger partial charge on any atom is -0.380 e. The molecular formula is C18H17F3N2O4S. The van der Waals surface area contributed by atoms with Gasteiger partial charge < -0.3 is 9.64 Å². The van der Waals surface area contributed by atoms with Crippen molar-refractivity contribution in [1.82, 2.24) is 4.90 Å². The lowest BCUT2D eigenvalue weighted by Gasteiger charge is -2.18. The molecular weight excluding hydrogens is 397 g/mol. The predicted molar refractivity (Wildman–Crippen MR) is 93.5 cm³/mol. The van der Waals surface area contributed by atoms with Crippen LogP contribution in [0.15, 0.2) is 41.3 Å². The van der Waals surface area contributed by atoms with E-state index < -0.39 is 27.7 Å². The van der Waals surface area contributed by atoms with Crippen LogP contribution in [0.5, 0.6) is 0 Å². The minimum absolute atomic E-state index is 0.00981. The van der Waals surface area contributed by atoms with Gasteiger partial charge in [-0.2, -0.15) is 13.2 Å². The van der Waals surface area contributed by atoms with E-state index in [4.69, 9.17) is 9.88 Å². The summed E-state index contributed by atoms with van der Waals surface area (Å²) in [5, 5.41) is 5.14. The molecule has 0 aliphatic carbocycles. The highest BCUT2D eigenvalue weighted by Gasteiger charge is 2.33. The normalized spacial score (nSPS) is 14.2. The summed E-state index contributed by atoms with van der Waals surface area (Å²) in [6.45, 7) is 0.174. The van der Waals surface area contributed by atoms with Gasteiger partial charge in [0.05, 0.1) is 17.1 Å². The lowest BCUT2D eigenvalue weighted by atomic mass is 10.1.